The Kier molecular flexibility index (Phi) is 13.6. The van der Waals surface area contributed by atoms with Gasteiger partial charge >= 0.3 is 23.9 Å². The van der Waals surface area contributed by atoms with Gasteiger partial charge in [-0.1, -0.05) is 72.8 Å². The van der Waals surface area contributed by atoms with Crippen molar-refractivity contribution in [2.75, 3.05) is 32.8 Å². The summed E-state index contributed by atoms with van der Waals surface area (Å²) in [5.41, 5.74) is 9.63. The number of likely N-dealkylation sites (tertiary alicyclic amines) is 1. The number of carboxylic acid groups (broad SMARTS) is 2. The van der Waals surface area contributed by atoms with E-state index >= 15 is 0 Å². The fourth-order valence-electron chi connectivity index (χ4n) is 6.62. The third-order valence-corrected chi connectivity index (χ3v) is 8.97. The van der Waals surface area contributed by atoms with Gasteiger partial charge in [0.15, 0.2) is 0 Å². The minimum absolute atomic E-state index is 0.00774. The highest BCUT2D eigenvalue weighted by Crippen LogP contribution is 2.40. The molecule has 0 amide bonds. The first-order valence-corrected chi connectivity index (χ1v) is 16.8. The third kappa shape index (κ3) is 9.82. The molecule has 1 unspecified atom stereocenters. The van der Waals surface area contributed by atoms with Crippen LogP contribution in [0, 0.1) is 16.0 Å². The van der Waals surface area contributed by atoms with E-state index in [1.54, 1.807) is 19.9 Å². The van der Waals surface area contributed by atoms with Crippen molar-refractivity contribution in [2.24, 2.45) is 11.7 Å². The number of ether oxygens (including phenoxy) is 2. The number of carbonyl (C=O) groups excluding carboxylic acids is 2. The number of nitrogens with one attached hydrogen (secondary N) is 1. The van der Waals surface area contributed by atoms with Gasteiger partial charge in [0.1, 0.15) is 12.4 Å². The smallest absolute Gasteiger partial charge is 0.414 e. The number of nitro groups is 1. The number of hydrogen-bond donors (Lipinski definition) is 4. The molecular weight excluding hydrogens is 672 g/mol. The molecule has 52 heavy (non-hydrogen) atoms. The zero-order chi connectivity index (χ0) is 37.8. The van der Waals surface area contributed by atoms with E-state index < -0.39 is 34.7 Å². The van der Waals surface area contributed by atoms with Gasteiger partial charge in [0.25, 0.3) is 5.69 Å². The molecule has 5 rings (SSSR count). The zero-order valence-electron chi connectivity index (χ0n) is 28.9. The van der Waals surface area contributed by atoms with Crippen molar-refractivity contribution in [3.63, 3.8) is 0 Å². The van der Waals surface area contributed by atoms with Crippen LogP contribution in [-0.2, 0) is 28.7 Å². The van der Waals surface area contributed by atoms with E-state index in [9.17, 15) is 19.7 Å². The van der Waals surface area contributed by atoms with Gasteiger partial charge in [0.2, 0.25) is 0 Å². The summed E-state index contributed by atoms with van der Waals surface area (Å²) in [6.07, 6.45) is 2.02. The SMILES string of the molecule is CCOC(=O)C1=C(N)NC(C)=C(C(=O)OCCN2CCC(C(c3ccccc3)c3ccccc3)CC2)C1c1cccc([N+](=O)[O-])c1.O=C(O)C(=O)O. The summed E-state index contributed by atoms with van der Waals surface area (Å²) in [5.74, 6) is -5.17. The molecule has 5 N–H and O–H groups in total. The molecule has 0 spiro atoms. The van der Waals surface area contributed by atoms with E-state index in [1.165, 1.54) is 29.3 Å². The molecular formula is C38H42N4O10. The Morgan fingerprint density at radius 2 is 1.44 bits per heavy atom. The average molecular weight is 715 g/mol. The largest absolute Gasteiger partial charge is 0.473 e. The second kappa shape index (κ2) is 18.3. The molecule has 2 aliphatic heterocycles. The maximum Gasteiger partial charge on any atom is 0.414 e. The summed E-state index contributed by atoms with van der Waals surface area (Å²) in [6.45, 7) is 5.88. The molecule has 3 aromatic rings. The standard InChI is InChI=1S/C36H40N4O6.C2H2O4/c1-3-45-36(42)33-32(28-15-10-16-29(23-28)40(43)44)30(24(2)38-34(33)37)35(41)46-22-21-39-19-17-27(18-20-39)31(25-11-6-4-7-12-25)26-13-8-5-9-14-26;3-1(4)2(5)6/h4-16,23,27,31-32,38H,3,17-22,37H2,1-2H3;(H,3,4)(H,5,6). The van der Waals surface area contributed by atoms with Crippen molar-refractivity contribution in [1.29, 1.82) is 0 Å². The number of nitro benzene ring substituents is 1. The number of nitrogens with two attached hydrogens (primary N) is 1. The molecule has 0 radical (unpaired) electrons. The van der Waals surface area contributed by atoms with Crippen LogP contribution in [0.25, 0.3) is 0 Å². The van der Waals surface area contributed by atoms with Crippen LogP contribution >= 0.6 is 0 Å². The van der Waals surface area contributed by atoms with Crippen LogP contribution < -0.4 is 11.1 Å². The third-order valence-electron chi connectivity index (χ3n) is 8.97. The molecule has 274 valence electrons. The first-order valence-electron chi connectivity index (χ1n) is 16.8. The maximum atomic E-state index is 13.7. The molecule has 2 aliphatic rings. The van der Waals surface area contributed by atoms with E-state index in [4.69, 9.17) is 35.0 Å². The molecule has 3 aromatic carbocycles. The van der Waals surface area contributed by atoms with Gasteiger partial charge in [0.05, 0.1) is 28.6 Å². The van der Waals surface area contributed by atoms with Crippen LogP contribution in [-0.4, -0.2) is 76.8 Å². The normalized spacial score (nSPS) is 16.3. The van der Waals surface area contributed by atoms with Crippen molar-refractivity contribution >= 4 is 29.6 Å². The van der Waals surface area contributed by atoms with Gasteiger partial charge in [-0.2, -0.15) is 0 Å². The molecule has 2 heterocycles. The summed E-state index contributed by atoms with van der Waals surface area (Å²) < 4.78 is 11.0. The van der Waals surface area contributed by atoms with Crippen molar-refractivity contribution in [2.45, 2.75) is 38.5 Å². The molecule has 0 aliphatic carbocycles. The molecule has 1 atom stereocenters. The lowest BCUT2D eigenvalue weighted by Crippen LogP contribution is -2.39. The van der Waals surface area contributed by atoms with Gasteiger partial charge in [0, 0.05) is 30.3 Å². The quantitative estimate of drug-likeness (QED) is 0.0932. The zero-order valence-corrected chi connectivity index (χ0v) is 28.9. The lowest BCUT2D eigenvalue weighted by Gasteiger charge is -2.36. The van der Waals surface area contributed by atoms with E-state index in [1.807, 2.05) is 12.1 Å². The van der Waals surface area contributed by atoms with E-state index in [0.29, 0.717) is 29.6 Å². The minimum Gasteiger partial charge on any atom is -0.473 e. The fourth-order valence-corrected chi connectivity index (χ4v) is 6.62. The number of nitrogens with zero attached hydrogens (tertiary/aromatic N) is 2. The Morgan fingerprint density at radius 3 is 1.96 bits per heavy atom. The summed E-state index contributed by atoms with van der Waals surface area (Å²) in [5, 5.41) is 29.2. The molecule has 1 fully saturated rings. The van der Waals surface area contributed by atoms with Gasteiger partial charge < -0.3 is 30.7 Å². The summed E-state index contributed by atoms with van der Waals surface area (Å²) in [4.78, 5) is 58.2. The number of aliphatic carboxylic acids is 2. The molecule has 0 saturated carbocycles. The average Bonchev–Trinajstić information content (AvgIpc) is 3.13. The molecule has 0 aromatic heterocycles. The number of allylic oxidation sites excluding steroid dienone is 1. The van der Waals surface area contributed by atoms with E-state index in [2.05, 4.69) is 58.7 Å². The van der Waals surface area contributed by atoms with E-state index in [-0.39, 0.29) is 35.9 Å². The Labute approximate surface area is 300 Å². The van der Waals surface area contributed by atoms with E-state index in [0.717, 1.165) is 25.9 Å². The van der Waals surface area contributed by atoms with Gasteiger partial charge in [-0.05, 0) is 62.4 Å². The van der Waals surface area contributed by atoms with Crippen molar-refractivity contribution in [3.05, 3.63) is 134 Å². The number of esters is 2. The monoisotopic (exact) mass is 714 g/mol. The van der Waals surface area contributed by atoms with Gasteiger partial charge in [-0.15, -0.1) is 0 Å². The van der Waals surface area contributed by atoms with Crippen LogP contribution in [0.5, 0.6) is 0 Å². The highest BCUT2D eigenvalue weighted by molar-refractivity contribution is 6.27. The predicted molar refractivity (Wildman–Crippen MR) is 190 cm³/mol. The lowest BCUT2D eigenvalue weighted by atomic mass is 9.76. The highest BCUT2D eigenvalue weighted by Gasteiger charge is 2.39. The van der Waals surface area contributed by atoms with Crippen molar-refractivity contribution < 1.29 is 43.8 Å². The van der Waals surface area contributed by atoms with Crippen molar-refractivity contribution in [3.8, 4) is 0 Å². The summed E-state index contributed by atoms with van der Waals surface area (Å²) in [6, 6.07) is 27.1. The summed E-state index contributed by atoms with van der Waals surface area (Å²) in [7, 11) is 0. The number of piperidine rings is 1. The van der Waals surface area contributed by atoms with Crippen LogP contribution in [0.1, 0.15) is 55.2 Å². The second-order valence-electron chi connectivity index (χ2n) is 12.2. The minimum atomic E-state index is -1.82. The van der Waals surface area contributed by atoms with Gasteiger partial charge in [-0.3, -0.25) is 15.0 Å². The van der Waals surface area contributed by atoms with Crippen LogP contribution in [0.2, 0.25) is 0 Å². The second-order valence-corrected chi connectivity index (χ2v) is 12.2. The molecule has 14 nitrogen and oxygen atoms in total. The predicted octanol–water partition coefficient (Wildman–Crippen LogP) is 4.53. The maximum absolute atomic E-state index is 13.7. The first kappa shape index (κ1) is 38.8. The molecule has 0 bridgehead atoms. The number of benzene rings is 3. The lowest BCUT2D eigenvalue weighted by molar-refractivity contribution is -0.384. The Hall–Kier alpha value is -6.02. The van der Waals surface area contributed by atoms with Crippen LogP contribution in [0.4, 0.5) is 5.69 Å². The number of dihydropyridines is 1. The topological polar surface area (TPSA) is 212 Å². The number of carbonyl (C=O) groups is 4. The highest BCUT2D eigenvalue weighted by atomic mass is 16.6. The van der Waals surface area contributed by atoms with Crippen molar-refractivity contribution in [1.82, 2.24) is 10.2 Å². The Balaban J connectivity index is 0.000000929. The number of rotatable bonds is 11. The van der Waals surface area contributed by atoms with Crippen LogP contribution in [0.15, 0.2) is 108 Å². The summed E-state index contributed by atoms with van der Waals surface area (Å²) >= 11 is 0. The number of non-ortho nitro benzene ring substituents is 1. The first-order chi connectivity index (χ1) is 24.9. The van der Waals surface area contributed by atoms with Crippen LogP contribution in [0.3, 0.4) is 0 Å². The molecule has 1 saturated heterocycles. The Morgan fingerprint density at radius 1 is 0.885 bits per heavy atom. The number of carboxylic acids is 2. The van der Waals surface area contributed by atoms with Gasteiger partial charge in [-0.25, -0.2) is 19.2 Å². The Bertz CT molecular complexity index is 1770. The molecule has 14 heteroatoms. The number of hydrogen-bond acceptors (Lipinski definition) is 11. The fraction of sp³-hybridized carbons (Fsp3) is 0.316.